The summed E-state index contributed by atoms with van der Waals surface area (Å²) in [5, 5.41) is 12.3. The van der Waals surface area contributed by atoms with Crippen LogP contribution in [0.1, 0.15) is 37.6 Å². The van der Waals surface area contributed by atoms with Crippen molar-refractivity contribution in [1.82, 2.24) is 0 Å². The van der Waals surface area contributed by atoms with Gasteiger partial charge in [0.15, 0.2) is 5.78 Å². The first-order valence-corrected chi connectivity index (χ1v) is 6.55. The summed E-state index contributed by atoms with van der Waals surface area (Å²) >= 11 is 0. The maximum atomic E-state index is 11.8. The number of amides is 1. The van der Waals surface area contributed by atoms with Gasteiger partial charge in [0, 0.05) is 11.8 Å². The average molecular weight is 309 g/mol. The monoisotopic (exact) mass is 309 g/mol. The van der Waals surface area contributed by atoms with Crippen LogP contribution in [0, 0.1) is 0 Å². The van der Waals surface area contributed by atoms with Gasteiger partial charge in [-0.05, 0) is 32.9 Å². The summed E-state index contributed by atoms with van der Waals surface area (Å²) in [5.41, 5.74) is -0.413. The molecule has 1 aromatic carbocycles. The maximum absolute atomic E-state index is 11.8. The zero-order chi connectivity index (χ0) is 16.9. The van der Waals surface area contributed by atoms with Crippen molar-refractivity contribution in [3.05, 3.63) is 23.8 Å². The van der Waals surface area contributed by atoms with E-state index in [0.29, 0.717) is 0 Å². The second-order valence-corrected chi connectivity index (χ2v) is 5.53. The molecule has 0 saturated heterocycles. The Hall–Kier alpha value is -2.57. The number of phenols is 1. The number of Topliss-reactive ketones (excluding diaryl/α,β-unsaturated/α-hetero) is 1. The molecule has 0 aliphatic rings. The lowest BCUT2D eigenvalue weighted by atomic mass is 10.1. The summed E-state index contributed by atoms with van der Waals surface area (Å²) in [5.74, 6) is -1.61. The topological polar surface area (TPSA) is 102 Å². The fourth-order valence-corrected chi connectivity index (χ4v) is 1.57. The molecule has 0 aliphatic heterocycles. The van der Waals surface area contributed by atoms with Gasteiger partial charge in [-0.15, -0.1) is 0 Å². The van der Waals surface area contributed by atoms with Gasteiger partial charge in [0.2, 0.25) is 0 Å². The fourth-order valence-electron chi connectivity index (χ4n) is 1.57. The number of esters is 1. The van der Waals surface area contributed by atoms with Gasteiger partial charge in [-0.25, -0.2) is 4.79 Å². The molecule has 1 aromatic rings. The van der Waals surface area contributed by atoms with Crippen molar-refractivity contribution < 1.29 is 29.0 Å². The van der Waals surface area contributed by atoms with Crippen LogP contribution in [-0.2, 0) is 14.3 Å². The molecular formula is C15H19NO6. The number of carbonyl (C=O) groups excluding carboxylic acids is 3. The molecule has 1 amide bonds. The van der Waals surface area contributed by atoms with E-state index in [0.717, 1.165) is 0 Å². The number of methoxy groups -OCH3 is 1. The number of carbonyl (C=O) groups is 3. The van der Waals surface area contributed by atoms with Crippen molar-refractivity contribution in [2.24, 2.45) is 0 Å². The van der Waals surface area contributed by atoms with Crippen molar-refractivity contribution in [1.29, 1.82) is 0 Å². The normalized spacial score (nSPS) is 10.7. The highest BCUT2D eigenvalue weighted by molar-refractivity contribution is 6.07. The Bertz CT molecular complexity index is 588. The smallest absolute Gasteiger partial charge is 0.412 e. The lowest BCUT2D eigenvalue weighted by Crippen LogP contribution is -2.27. The first kappa shape index (κ1) is 17.5. The van der Waals surface area contributed by atoms with Crippen LogP contribution in [0.4, 0.5) is 10.5 Å². The van der Waals surface area contributed by atoms with Crippen LogP contribution in [0.5, 0.6) is 5.75 Å². The van der Waals surface area contributed by atoms with Gasteiger partial charge in [0.1, 0.15) is 17.8 Å². The van der Waals surface area contributed by atoms with E-state index in [2.05, 4.69) is 10.1 Å². The van der Waals surface area contributed by atoms with Crippen LogP contribution in [-0.4, -0.2) is 35.7 Å². The second kappa shape index (κ2) is 6.93. The fraction of sp³-hybridized carbons (Fsp3) is 0.400. The molecule has 0 bridgehead atoms. The molecule has 7 heteroatoms. The van der Waals surface area contributed by atoms with E-state index in [1.54, 1.807) is 20.8 Å². The number of hydrogen-bond acceptors (Lipinski definition) is 6. The van der Waals surface area contributed by atoms with E-state index >= 15 is 0 Å². The van der Waals surface area contributed by atoms with E-state index in [4.69, 9.17) is 4.74 Å². The van der Waals surface area contributed by atoms with Crippen LogP contribution < -0.4 is 5.32 Å². The molecular weight excluding hydrogens is 290 g/mol. The number of ether oxygens (including phenoxy) is 2. The summed E-state index contributed by atoms with van der Waals surface area (Å²) in [6.07, 6.45) is -1.15. The molecule has 0 unspecified atom stereocenters. The van der Waals surface area contributed by atoms with E-state index in [9.17, 15) is 19.5 Å². The van der Waals surface area contributed by atoms with Crippen molar-refractivity contribution in [3.63, 3.8) is 0 Å². The average Bonchev–Trinajstić information content (AvgIpc) is 2.35. The molecule has 7 nitrogen and oxygen atoms in total. The van der Waals surface area contributed by atoms with Gasteiger partial charge in [-0.3, -0.25) is 14.9 Å². The first-order chi connectivity index (χ1) is 10.1. The van der Waals surface area contributed by atoms with Gasteiger partial charge in [-0.1, -0.05) is 0 Å². The number of hydrogen-bond donors (Lipinski definition) is 2. The zero-order valence-electron chi connectivity index (χ0n) is 12.9. The number of benzene rings is 1. The maximum Gasteiger partial charge on any atom is 0.412 e. The molecule has 0 aromatic heterocycles. The Morgan fingerprint density at radius 1 is 1.23 bits per heavy atom. The van der Waals surface area contributed by atoms with Gasteiger partial charge in [0.25, 0.3) is 0 Å². The van der Waals surface area contributed by atoms with Gasteiger partial charge >= 0.3 is 12.1 Å². The number of rotatable bonds is 4. The van der Waals surface area contributed by atoms with Gasteiger partial charge < -0.3 is 14.6 Å². The van der Waals surface area contributed by atoms with Crippen molar-refractivity contribution in [3.8, 4) is 5.75 Å². The molecule has 0 atom stereocenters. The third-order valence-corrected chi connectivity index (χ3v) is 2.48. The highest BCUT2D eigenvalue weighted by atomic mass is 16.6. The predicted octanol–water partition coefficient (Wildman–Crippen LogP) is 2.49. The Labute approximate surface area is 128 Å². The van der Waals surface area contributed by atoms with Crippen molar-refractivity contribution in [2.75, 3.05) is 12.4 Å². The lowest BCUT2D eigenvalue weighted by Gasteiger charge is -2.19. The van der Waals surface area contributed by atoms with E-state index in [-0.39, 0.29) is 17.0 Å². The minimum Gasteiger partial charge on any atom is -0.507 e. The van der Waals surface area contributed by atoms with E-state index in [1.807, 2.05) is 0 Å². The standard InChI is InChI=1S/C15H19NO6/c1-15(2,3)22-14(20)16-9-5-6-10(11(17)7-9)12(18)8-13(19)21-4/h5-7,17H,8H2,1-4H3,(H,16,20). The zero-order valence-corrected chi connectivity index (χ0v) is 12.9. The van der Waals surface area contributed by atoms with Gasteiger partial charge in [0.05, 0.1) is 12.7 Å². The van der Waals surface area contributed by atoms with E-state index in [1.165, 1.54) is 25.3 Å². The van der Waals surface area contributed by atoms with Gasteiger partial charge in [-0.2, -0.15) is 0 Å². The molecule has 0 heterocycles. The van der Waals surface area contributed by atoms with Crippen LogP contribution in [0.15, 0.2) is 18.2 Å². The number of aromatic hydroxyl groups is 1. The summed E-state index contributed by atoms with van der Waals surface area (Å²) in [6.45, 7) is 5.16. The Morgan fingerprint density at radius 2 is 1.86 bits per heavy atom. The summed E-state index contributed by atoms with van der Waals surface area (Å²) in [4.78, 5) is 34.4. The second-order valence-electron chi connectivity index (χ2n) is 5.53. The lowest BCUT2D eigenvalue weighted by molar-refractivity contribution is -0.139. The van der Waals surface area contributed by atoms with Crippen LogP contribution >= 0.6 is 0 Å². The summed E-state index contributed by atoms with van der Waals surface area (Å²) < 4.78 is 9.46. The predicted molar refractivity (Wildman–Crippen MR) is 78.9 cm³/mol. The number of phenolic OH excluding ortho intramolecular Hbond substituents is 1. The first-order valence-electron chi connectivity index (χ1n) is 6.55. The largest absolute Gasteiger partial charge is 0.507 e. The molecule has 0 saturated carbocycles. The van der Waals surface area contributed by atoms with Crippen LogP contribution in [0.3, 0.4) is 0 Å². The molecule has 0 aliphatic carbocycles. The Morgan fingerprint density at radius 3 is 2.36 bits per heavy atom. The molecule has 0 radical (unpaired) electrons. The minimum absolute atomic E-state index is 0.0276. The molecule has 0 fully saturated rings. The van der Waals surface area contributed by atoms with Crippen molar-refractivity contribution >= 4 is 23.5 Å². The molecule has 0 spiro atoms. The molecule has 2 N–H and O–H groups in total. The summed E-state index contributed by atoms with van der Waals surface area (Å²) in [6, 6.07) is 3.94. The number of ketones is 1. The third kappa shape index (κ3) is 5.43. The SMILES string of the molecule is COC(=O)CC(=O)c1ccc(NC(=O)OC(C)(C)C)cc1O. The van der Waals surface area contributed by atoms with Crippen LogP contribution in [0.25, 0.3) is 0 Å². The molecule has 120 valence electrons. The van der Waals surface area contributed by atoms with Crippen LogP contribution in [0.2, 0.25) is 0 Å². The number of anilines is 1. The minimum atomic E-state index is -0.694. The highest BCUT2D eigenvalue weighted by Gasteiger charge is 2.18. The molecule has 1 rings (SSSR count). The van der Waals surface area contributed by atoms with Crippen molar-refractivity contribution in [2.45, 2.75) is 32.8 Å². The highest BCUT2D eigenvalue weighted by Crippen LogP contribution is 2.24. The quantitative estimate of drug-likeness (QED) is 0.503. The Balaban J connectivity index is 2.79. The number of nitrogens with one attached hydrogen (secondary N) is 1. The Kier molecular flexibility index (Phi) is 5.50. The molecule has 22 heavy (non-hydrogen) atoms. The van der Waals surface area contributed by atoms with E-state index < -0.39 is 29.9 Å². The third-order valence-electron chi connectivity index (χ3n) is 2.48. The summed E-state index contributed by atoms with van der Waals surface area (Å²) in [7, 11) is 1.17.